The number of benzene rings is 1. The number of hydrogen-bond donors (Lipinski definition) is 2. The Morgan fingerprint density at radius 1 is 1.40 bits per heavy atom. The SMILES string of the molecule is COc1ccc(/C(N)=N/O)c(N2CCC(C)C(C)C2)c1. The van der Waals surface area contributed by atoms with Gasteiger partial charge in [0.15, 0.2) is 5.84 Å². The van der Waals surface area contributed by atoms with Crippen molar-refractivity contribution in [1.29, 1.82) is 0 Å². The van der Waals surface area contributed by atoms with E-state index < -0.39 is 0 Å². The summed E-state index contributed by atoms with van der Waals surface area (Å²) < 4.78 is 5.29. The van der Waals surface area contributed by atoms with Crippen LogP contribution in [0.5, 0.6) is 5.75 Å². The van der Waals surface area contributed by atoms with Gasteiger partial charge in [-0.1, -0.05) is 19.0 Å². The van der Waals surface area contributed by atoms with E-state index in [-0.39, 0.29) is 5.84 Å². The number of hydrogen-bond acceptors (Lipinski definition) is 4. The molecule has 0 spiro atoms. The summed E-state index contributed by atoms with van der Waals surface area (Å²) in [5.74, 6) is 2.26. The third-order valence-electron chi connectivity index (χ3n) is 4.26. The molecule has 1 aliphatic rings. The first-order valence-electron chi connectivity index (χ1n) is 6.97. The lowest BCUT2D eigenvalue weighted by Gasteiger charge is -2.37. The highest BCUT2D eigenvalue weighted by atomic mass is 16.5. The molecule has 0 radical (unpaired) electrons. The van der Waals surface area contributed by atoms with Gasteiger partial charge in [-0.05, 0) is 30.4 Å². The van der Waals surface area contributed by atoms with E-state index in [1.165, 1.54) is 0 Å². The number of piperidine rings is 1. The molecule has 2 atom stereocenters. The minimum absolute atomic E-state index is 0.133. The van der Waals surface area contributed by atoms with E-state index in [0.717, 1.165) is 42.4 Å². The molecule has 1 aromatic carbocycles. The molecule has 20 heavy (non-hydrogen) atoms. The molecule has 2 unspecified atom stereocenters. The van der Waals surface area contributed by atoms with E-state index in [9.17, 15) is 0 Å². The van der Waals surface area contributed by atoms with Crippen LogP contribution in [0.4, 0.5) is 5.69 Å². The van der Waals surface area contributed by atoms with Crippen molar-refractivity contribution in [2.45, 2.75) is 20.3 Å². The van der Waals surface area contributed by atoms with E-state index >= 15 is 0 Å². The van der Waals surface area contributed by atoms with Crippen LogP contribution in [0.15, 0.2) is 23.4 Å². The van der Waals surface area contributed by atoms with Crippen LogP contribution >= 0.6 is 0 Å². The van der Waals surface area contributed by atoms with E-state index in [1.54, 1.807) is 7.11 Å². The molecule has 2 rings (SSSR count). The van der Waals surface area contributed by atoms with E-state index in [1.807, 2.05) is 18.2 Å². The largest absolute Gasteiger partial charge is 0.497 e. The standard InChI is InChI=1S/C15H23N3O2/c1-10-6-7-18(9-11(10)2)14-8-12(20-3)4-5-13(14)15(16)17-19/h4-5,8,10-11,19H,6-7,9H2,1-3H3,(H2,16,17). The molecule has 5 heteroatoms. The van der Waals surface area contributed by atoms with Crippen molar-refractivity contribution in [3.8, 4) is 5.75 Å². The predicted molar refractivity (Wildman–Crippen MR) is 80.7 cm³/mol. The highest BCUT2D eigenvalue weighted by Gasteiger charge is 2.25. The summed E-state index contributed by atoms with van der Waals surface area (Å²) in [5.41, 5.74) is 7.50. The molecule has 3 N–H and O–H groups in total. The van der Waals surface area contributed by atoms with Gasteiger partial charge < -0.3 is 20.6 Å². The van der Waals surface area contributed by atoms with Crippen LogP contribution < -0.4 is 15.4 Å². The van der Waals surface area contributed by atoms with Crippen LogP contribution in [-0.4, -0.2) is 31.2 Å². The maximum atomic E-state index is 8.94. The zero-order valence-electron chi connectivity index (χ0n) is 12.3. The molecular formula is C15H23N3O2. The quantitative estimate of drug-likeness (QED) is 0.385. The van der Waals surface area contributed by atoms with Crippen molar-refractivity contribution in [3.05, 3.63) is 23.8 Å². The fourth-order valence-corrected chi connectivity index (χ4v) is 2.65. The Hall–Kier alpha value is -1.91. The van der Waals surface area contributed by atoms with Crippen molar-refractivity contribution in [1.82, 2.24) is 0 Å². The summed E-state index contributed by atoms with van der Waals surface area (Å²) in [7, 11) is 1.64. The minimum atomic E-state index is 0.133. The molecule has 1 aliphatic heterocycles. The Kier molecular flexibility index (Phi) is 4.37. The average Bonchev–Trinajstić information content (AvgIpc) is 2.48. The van der Waals surface area contributed by atoms with E-state index in [0.29, 0.717) is 5.92 Å². The Balaban J connectivity index is 2.37. The van der Waals surface area contributed by atoms with Gasteiger partial charge in [0, 0.05) is 24.7 Å². The molecule has 0 saturated carbocycles. The van der Waals surface area contributed by atoms with Gasteiger partial charge in [0.2, 0.25) is 0 Å². The lowest BCUT2D eigenvalue weighted by atomic mass is 9.88. The van der Waals surface area contributed by atoms with Gasteiger partial charge in [-0.3, -0.25) is 0 Å². The van der Waals surface area contributed by atoms with Crippen LogP contribution in [0.25, 0.3) is 0 Å². The van der Waals surface area contributed by atoms with Gasteiger partial charge in [-0.2, -0.15) is 0 Å². The van der Waals surface area contributed by atoms with Crippen molar-refractivity contribution in [2.24, 2.45) is 22.7 Å². The molecular weight excluding hydrogens is 254 g/mol. The van der Waals surface area contributed by atoms with Crippen molar-refractivity contribution < 1.29 is 9.94 Å². The van der Waals surface area contributed by atoms with Crippen molar-refractivity contribution >= 4 is 11.5 Å². The zero-order chi connectivity index (χ0) is 14.7. The second-order valence-corrected chi connectivity index (χ2v) is 5.56. The summed E-state index contributed by atoms with van der Waals surface area (Å²) in [6, 6.07) is 5.62. The lowest BCUT2D eigenvalue weighted by molar-refractivity contribution is 0.318. The fourth-order valence-electron chi connectivity index (χ4n) is 2.65. The molecule has 0 aromatic heterocycles. The Bertz CT molecular complexity index is 502. The number of anilines is 1. The topological polar surface area (TPSA) is 71.1 Å². The van der Waals surface area contributed by atoms with Crippen LogP contribution in [0.2, 0.25) is 0 Å². The predicted octanol–water partition coefficient (Wildman–Crippen LogP) is 2.27. The maximum absolute atomic E-state index is 8.94. The first-order chi connectivity index (χ1) is 9.56. The number of nitrogens with two attached hydrogens (primary N) is 1. The second kappa shape index (κ2) is 6.03. The highest BCUT2D eigenvalue weighted by molar-refractivity contribution is 6.02. The normalized spacial score (nSPS) is 23.8. The monoisotopic (exact) mass is 277 g/mol. The molecule has 1 aromatic rings. The van der Waals surface area contributed by atoms with Crippen molar-refractivity contribution in [2.75, 3.05) is 25.1 Å². The molecule has 1 fully saturated rings. The Morgan fingerprint density at radius 3 is 2.75 bits per heavy atom. The molecule has 0 amide bonds. The van der Waals surface area contributed by atoms with Gasteiger partial charge in [0.25, 0.3) is 0 Å². The number of methoxy groups -OCH3 is 1. The minimum Gasteiger partial charge on any atom is -0.497 e. The zero-order valence-corrected chi connectivity index (χ0v) is 12.3. The molecule has 5 nitrogen and oxygen atoms in total. The van der Waals surface area contributed by atoms with Gasteiger partial charge >= 0.3 is 0 Å². The molecule has 110 valence electrons. The third-order valence-corrected chi connectivity index (χ3v) is 4.26. The first-order valence-corrected chi connectivity index (χ1v) is 6.97. The number of rotatable bonds is 3. The summed E-state index contributed by atoms with van der Waals surface area (Å²) in [4.78, 5) is 2.29. The first kappa shape index (κ1) is 14.5. The van der Waals surface area contributed by atoms with Crippen molar-refractivity contribution in [3.63, 3.8) is 0 Å². The Morgan fingerprint density at radius 2 is 2.15 bits per heavy atom. The average molecular weight is 277 g/mol. The highest BCUT2D eigenvalue weighted by Crippen LogP contribution is 2.31. The number of oxime groups is 1. The van der Waals surface area contributed by atoms with E-state index in [4.69, 9.17) is 15.7 Å². The second-order valence-electron chi connectivity index (χ2n) is 5.56. The molecule has 1 saturated heterocycles. The summed E-state index contributed by atoms with van der Waals surface area (Å²) >= 11 is 0. The molecule has 0 aliphatic carbocycles. The lowest BCUT2D eigenvalue weighted by Crippen LogP contribution is -2.39. The number of nitrogens with zero attached hydrogens (tertiary/aromatic N) is 2. The maximum Gasteiger partial charge on any atom is 0.172 e. The summed E-state index contributed by atoms with van der Waals surface area (Å²) in [6.45, 7) is 6.50. The van der Waals surface area contributed by atoms with Crippen LogP contribution in [-0.2, 0) is 0 Å². The van der Waals surface area contributed by atoms with Crippen LogP contribution in [0.3, 0.4) is 0 Å². The van der Waals surface area contributed by atoms with Gasteiger partial charge in [-0.15, -0.1) is 0 Å². The van der Waals surface area contributed by atoms with Gasteiger partial charge in [-0.25, -0.2) is 0 Å². The van der Waals surface area contributed by atoms with Gasteiger partial charge in [0.1, 0.15) is 5.75 Å². The van der Waals surface area contributed by atoms with Crippen LogP contribution in [0.1, 0.15) is 25.8 Å². The van der Waals surface area contributed by atoms with Crippen LogP contribution in [0, 0.1) is 11.8 Å². The smallest absolute Gasteiger partial charge is 0.172 e. The summed E-state index contributed by atoms with van der Waals surface area (Å²) in [6.07, 6.45) is 1.15. The van der Waals surface area contributed by atoms with Gasteiger partial charge in [0.05, 0.1) is 12.8 Å². The fraction of sp³-hybridized carbons (Fsp3) is 0.533. The number of amidine groups is 1. The molecule has 0 bridgehead atoms. The van der Waals surface area contributed by atoms with E-state index in [2.05, 4.69) is 23.9 Å². The Labute approximate surface area is 120 Å². The third kappa shape index (κ3) is 2.81. The summed E-state index contributed by atoms with van der Waals surface area (Å²) in [5, 5.41) is 12.1. The number of ether oxygens (including phenoxy) is 1. The molecule has 1 heterocycles.